The number of nitrogens with two attached hydrogens (primary N) is 1. The van der Waals surface area contributed by atoms with Crippen LogP contribution in [0.2, 0.25) is 0 Å². The Kier molecular flexibility index (Phi) is 27.7. The summed E-state index contributed by atoms with van der Waals surface area (Å²) in [7, 11) is -14.1. The van der Waals surface area contributed by atoms with Crippen LogP contribution >= 0.6 is 45.1 Å². The number of amides is 3. The molecule has 0 aliphatic carbocycles. The normalized spacial score (nSPS) is 19.4. The average molecular weight is 1470 g/mol. The van der Waals surface area contributed by atoms with Crippen LogP contribution in [0.5, 0.6) is 0 Å². The standard InChI is InChI=1S/C65H88N9O20P3S2/c1-9-72-48-28-27-41(2)35-44(48)65(7,8)52(72)23-17-24-53-64(5,6)43-20-13-14-21-47(43)73(53)33-15-11-10-12-25-55(78)70-45(62(83)71-46(36-58(81)82)49(75)22-16-26-57(79)80)29-31-63(3,4)99-98-34-30-54(77)67-32-18-19-42-38-74(61-59(42)60(66)68-40-69-61)56-37-50(76)51(92-56)39-91-96(87,88)94-97(89,90)93-95(84,85)86/h13-14,17,20-21,23-24,27-28,35,38,40,45-46,50-51,56,76H,9-12,15-16,22,25-26,29-34,36-37,39H2,1-8H3,(H10-,66,67,68,69,70,71,77,78,79,80,81,82,83,84,85,86,87,88,89,90)/p+1. The number of aromatic nitrogens is 3. The molecule has 4 aromatic rings. The van der Waals surface area contributed by atoms with Crippen LogP contribution in [0.25, 0.3) is 11.0 Å². The fourth-order valence-corrected chi connectivity index (χ4v) is 17.7. The van der Waals surface area contributed by atoms with E-state index in [4.69, 9.17) is 25.4 Å². The Balaban J connectivity index is 0.912. The number of aliphatic hydroxyl groups is 1. The van der Waals surface area contributed by atoms with E-state index in [0.717, 1.165) is 38.0 Å². The van der Waals surface area contributed by atoms with Gasteiger partial charge in [-0.2, -0.15) is 13.2 Å². The summed E-state index contributed by atoms with van der Waals surface area (Å²) in [4.78, 5) is 125. The number of phosphoric ester groups is 1. The maximum absolute atomic E-state index is 14.1. The third-order valence-corrected chi connectivity index (χ3v) is 24.2. The number of aliphatic carboxylic acids is 2. The van der Waals surface area contributed by atoms with E-state index in [0.29, 0.717) is 29.5 Å². The number of carboxylic acid groups (broad SMARTS) is 2. The maximum Gasteiger partial charge on any atom is 0.490 e. The maximum atomic E-state index is 14.1. The van der Waals surface area contributed by atoms with Gasteiger partial charge in [-0.25, -0.2) is 23.7 Å². The number of carboxylic acids is 2. The molecule has 0 bridgehead atoms. The highest BCUT2D eigenvalue weighted by molar-refractivity contribution is 8.77. The monoisotopic (exact) mass is 1470 g/mol. The second kappa shape index (κ2) is 34.4. The molecule has 29 nitrogen and oxygen atoms in total. The first-order valence-corrected chi connectivity index (χ1v) is 39.1. The van der Waals surface area contributed by atoms with Gasteiger partial charge in [0.15, 0.2) is 11.5 Å². The number of ether oxygens (including phenoxy) is 1. The zero-order valence-electron chi connectivity index (χ0n) is 56.5. The van der Waals surface area contributed by atoms with Gasteiger partial charge in [-0.15, -0.1) is 0 Å². The lowest BCUT2D eigenvalue weighted by molar-refractivity contribution is -0.438. The second-order valence-electron chi connectivity index (χ2n) is 25.9. The van der Waals surface area contributed by atoms with Gasteiger partial charge in [-0.1, -0.05) is 95.7 Å². The average Bonchev–Trinajstić information content (AvgIpc) is 1.61. The molecule has 0 radical (unpaired) electrons. The molecule has 1 saturated heterocycles. The Labute approximate surface area is 582 Å². The molecule has 3 aliphatic rings. The fourth-order valence-electron chi connectivity index (χ4n) is 12.1. The third-order valence-electron chi connectivity index (χ3n) is 17.1. The van der Waals surface area contributed by atoms with Gasteiger partial charge < -0.3 is 70.8 Å². The smallest absolute Gasteiger partial charge is 0.481 e. The van der Waals surface area contributed by atoms with Crippen molar-refractivity contribution in [2.45, 2.75) is 185 Å². The van der Waals surface area contributed by atoms with Crippen molar-refractivity contribution in [1.82, 2.24) is 30.5 Å². The third kappa shape index (κ3) is 22.2. The van der Waals surface area contributed by atoms with Gasteiger partial charge in [-0.3, -0.25) is 33.3 Å². The molecule has 34 heteroatoms. The van der Waals surface area contributed by atoms with Crippen LogP contribution in [0.3, 0.4) is 0 Å². The van der Waals surface area contributed by atoms with Crippen molar-refractivity contribution in [3.63, 3.8) is 0 Å². The minimum Gasteiger partial charge on any atom is -0.481 e. The molecule has 540 valence electrons. The van der Waals surface area contributed by atoms with E-state index in [2.05, 4.69) is 163 Å². The minimum atomic E-state index is -5.79. The first-order chi connectivity index (χ1) is 46.4. The lowest BCUT2D eigenvalue weighted by Crippen LogP contribution is -2.52. The van der Waals surface area contributed by atoms with Crippen LogP contribution in [-0.2, 0) is 71.2 Å². The molecule has 99 heavy (non-hydrogen) atoms. The van der Waals surface area contributed by atoms with Crippen LogP contribution in [0.1, 0.15) is 160 Å². The van der Waals surface area contributed by atoms with Crippen LogP contribution in [-0.4, -0.2) is 156 Å². The van der Waals surface area contributed by atoms with Gasteiger partial charge in [0.1, 0.15) is 42.7 Å². The molecular weight excluding hydrogens is 1380 g/mol. The number of unbranched alkanes of at least 4 members (excludes halogenated alkanes) is 3. The van der Waals surface area contributed by atoms with Crippen LogP contribution in [0.4, 0.5) is 17.2 Å². The molecule has 7 unspecified atom stereocenters. The number of hydrogen-bond acceptors (Lipinski definition) is 20. The molecule has 0 saturated carbocycles. The van der Waals surface area contributed by atoms with Gasteiger partial charge in [0.05, 0.1) is 48.1 Å². The summed E-state index contributed by atoms with van der Waals surface area (Å²) in [6.45, 7) is 17.8. The van der Waals surface area contributed by atoms with Crippen molar-refractivity contribution in [3.05, 3.63) is 101 Å². The molecule has 1 fully saturated rings. The van der Waals surface area contributed by atoms with Crippen LogP contribution < -0.4 is 26.6 Å². The number of likely N-dealkylation sites (N-methyl/N-ethyl adjacent to an activating group) is 1. The molecule has 2 aromatic heterocycles. The lowest BCUT2D eigenvalue weighted by Gasteiger charge is -2.27. The SMILES string of the molecule is CCN1C(=CC=CC2=[N+](CCCCCCC(=O)NC(CCC(C)(C)SSCCC(=O)NCC#Cc3cn(C4CC(O)C(COP(=O)(O)OP(=O)(O)OP(=O)(O)O)O4)c4ncnc(N)c34)C(=O)NC(CC(=O)O)C(=O)CCCC(=O)O)c3ccccc3C2(C)C)C(C)(C)c2cc(C)ccc21. The Morgan fingerprint density at radius 3 is 2.31 bits per heavy atom. The van der Waals surface area contributed by atoms with Crippen LogP contribution in [0, 0.1) is 18.8 Å². The van der Waals surface area contributed by atoms with Crippen molar-refractivity contribution in [2.75, 3.05) is 42.6 Å². The predicted octanol–water partition coefficient (Wildman–Crippen LogP) is 8.66. The van der Waals surface area contributed by atoms with E-state index in [-0.39, 0.29) is 79.7 Å². The number of rotatable bonds is 37. The number of carbonyl (C=O) groups is 6. The highest BCUT2D eigenvalue weighted by atomic mass is 33.1. The number of nitrogens with zero attached hydrogens (tertiary/aromatic N) is 5. The first-order valence-electron chi connectivity index (χ1n) is 32.3. The molecule has 0 spiro atoms. The van der Waals surface area contributed by atoms with E-state index < -0.39 is 101 Å². The summed E-state index contributed by atoms with van der Waals surface area (Å²) in [5.41, 5.74) is 14.9. The van der Waals surface area contributed by atoms with Crippen LogP contribution in [0.15, 0.2) is 78.9 Å². The number of nitrogens with one attached hydrogen (secondary N) is 3. The number of aliphatic hydroxyl groups excluding tert-OH is 1. The molecule has 3 aliphatic heterocycles. The summed E-state index contributed by atoms with van der Waals surface area (Å²) < 4.78 is 56.3. The number of phosphoric acid groups is 3. The number of aryl methyl sites for hydroxylation is 1. The number of para-hydroxylation sites is 1. The Hall–Kier alpha value is -6.58. The lowest BCUT2D eigenvalue weighted by atomic mass is 9.81. The van der Waals surface area contributed by atoms with Gasteiger partial charge in [0, 0.05) is 96.3 Å². The molecule has 12 N–H and O–H groups in total. The fraction of sp³-hybridized carbons (Fsp3) is 0.523. The summed E-state index contributed by atoms with van der Waals surface area (Å²) in [6.07, 6.45) is 7.58. The van der Waals surface area contributed by atoms with E-state index in [9.17, 15) is 62.5 Å². The van der Waals surface area contributed by atoms with Crippen molar-refractivity contribution in [2.24, 2.45) is 0 Å². The first kappa shape index (κ1) is 79.7. The van der Waals surface area contributed by atoms with Crippen molar-refractivity contribution in [3.8, 4) is 11.8 Å². The summed E-state index contributed by atoms with van der Waals surface area (Å²) in [5.74, 6) is 1.54. The molecule has 7 rings (SSSR count). The molecule has 7 atom stereocenters. The number of hydrogen-bond donors (Lipinski definition) is 11. The van der Waals surface area contributed by atoms with E-state index in [1.165, 1.54) is 72.5 Å². The summed E-state index contributed by atoms with van der Waals surface area (Å²) >= 11 is 0. The number of carbonyl (C=O) groups excluding carboxylic acids is 4. The molecule has 3 amide bonds. The van der Waals surface area contributed by atoms with Gasteiger partial charge in [-0.05, 0) is 91.4 Å². The van der Waals surface area contributed by atoms with Crippen molar-refractivity contribution in [1.29, 1.82) is 0 Å². The van der Waals surface area contributed by atoms with E-state index >= 15 is 0 Å². The minimum absolute atomic E-state index is 0.0287. The van der Waals surface area contributed by atoms with Gasteiger partial charge >= 0.3 is 35.4 Å². The highest BCUT2D eigenvalue weighted by Crippen LogP contribution is 2.66. The highest BCUT2D eigenvalue weighted by Gasteiger charge is 2.46. The summed E-state index contributed by atoms with van der Waals surface area (Å²) in [6, 6.07) is 12.5. The number of Topliss-reactive ketones (excluding diaryl/α,β-unsaturated/α-hetero) is 1. The van der Waals surface area contributed by atoms with Crippen molar-refractivity contribution < 1.29 is 99.8 Å². The largest absolute Gasteiger partial charge is 0.490 e. The summed E-state index contributed by atoms with van der Waals surface area (Å²) in [5, 5.41) is 38.0. The topological polar surface area (TPSA) is 431 Å². The Morgan fingerprint density at radius 1 is 0.879 bits per heavy atom. The van der Waals surface area contributed by atoms with E-state index in [1.807, 2.05) is 13.8 Å². The quantitative estimate of drug-likeness (QED) is 0.00661. The number of ketones is 1. The van der Waals surface area contributed by atoms with E-state index in [1.54, 1.807) is 0 Å². The molecular formula is C65H89N9O20P3S2+. The Morgan fingerprint density at radius 2 is 1.61 bits per heavy atom. The number of fused-ring (bicyclic) bond motifs is 3. The Bertz CT molecular complexity index is 3970. The number of allylic oxidation sites excluding steroid dienone is 4. The molecule has 5 heterocycles. The zero-order chi connectivity index (χ0) is 72.8. The number of benzene rings is 2. The van der Waals surface area contributed by atoms with Crippen molar-refractivity contribution >= 4 is 114 Å². The number of anilines is 2. The van der Waals surface area contributed by atoms with Gasteiger partial charge in [0.2, 0.25) is 23.4 Å². The molecule has 2 aromatic carbocycles. The zero-order valence-corrected chi connectivity index (χ0v) is 60.8. The number of nitrogen functional groups attached to an aromatic ring is 1. The second-order valence-corrected chi connectivity index (χ2v) is 33.4. The predicted molar refractivity (Wildman–Crippen MR) is 374 cm³/mol. The van der Waals surface area contributed by atoms with Gasteiger partial charge in [0.25, 0.3) is 0 Å².